The van der Waals surface area contributed by atoms with Crippen molar-refractivity contribution in [3.8, 4) is 11.8 Å². The van der Waals surface area contributed by atoms with Gasteiger partial charge in [-0.2, -0.15) is 5.26 Å². The molecule has 1 aromatic carbocycles. The van der Waals surface area contributed by atoms with Crippen molar-refractivity contribution in [1.29, 1.82) is 5.26 Å². The summed E-state index contributed by atoms with van der Waals surface area (Å²) in [7, 11) is 0. The van der Waals surface area contributed by atoms with Gasteiger partial charge in [0.1, 0.15) is 12.3 Å². The molecule has 0 aliphatic rings. The second-order valence-electron chi connectivity index (χ2n) is 4.16. The van der Waals surface area contributed by atoms with E-state index in [0.717, 1.165) is 16.5 Å². The highest BCUT2D eigenvalue weighted by Crippen LogP contribution is 2.23. The number of nitrogens with two attached hydrogens (primary N) is 1. The average molecular weight is 326 g/mol. The molecule has 0 radical (unpaired) electrons. The van der Waals surface area contributed by atoms with Crippen molar-refractivity contribution in [1.82, 2.24) is 5.32 Å². The third kappa shape index (κ3) is 5.73. The first-order chi connectivity index (χ1) is 9.02. The molecular formula is C13H16BrN3O2. The molecule has 1 amide bonds. The smallest absolute Gasteiger partial charge is 0.258 e. The quantitative estimate of drug-likeness (QED) is 0.773. The Hall–Kier alpha value is -1.58. The van der Waals surface area contributed by atoms with E-state index in [4.69, 9.17) is 15.7 Å². The minimum Gasteiger partial charge on any atom is -0.484 e. The molecule has 0 fully saturated rings. The normalized spacial score (nSPS) is 11.5. The lowest BCUT2D eigenvalue weighted by Crippen LogP contribution is -2.29. The van der Waals surface area contributed by atoms with Gasteiger partial charge < -0.3 is 15.8 Å². The molecule has 102 valence electrons. The van der Waals surface area contributed by atoms with E-state index in [1.165, 1.54) is 0 Å². The highest BCUT2D eigenvalue weighted by atomic mass is 79.9. The van der Waals surface area contributed by atoms with Crippen molar-refractivity contribution >= 4 is 21.8 Å². The van der Waals surface area contributed by atoms with Gasteiger partial charge in [-0.25, -0.2) is 0 Å². The molecule has 1 atom stereocenters. The van der Waals surface area contributed by atoms with Crippen molar-refractivity contribution < 1.29 is 9.53 Å². The van der Waals surface area contributed by atoms with Gasteiger partial charge in [0, 0.05) is 10.5 Å². The monoisotopic (exact) mass is 325 g/mol. The molecule has 0 heterocycles. The molecule has 0 aromatic heterocycles. The lowest BCUT2D eigenvalue weighted by atomic mass is 10.1. The van der Waals surface area contributed by atoms with Crippen molar-refractivity contribution in [2.75, 3.05) is 13.2 Å². The Kier molecular flexibility index (Phi) is 6.33. The van der Waals surface area contributed by atoms with Crippen LogP contribution in [-0.4, -0.2) is 25.1 Å². The number of halogens is 1. The predicted molar refractivity (Wildman–Crippen MR) is 75.6 cm³/mol. The van der Waals surface area contributed by atoms with Crippen molar-refractivity contribution in [2.24, 2.45) is 5.73 Å². The molecule has 3 N–H and O–H groups in total. The van der Waals surface area contributed by atoms with E-state index in [9.17, 15) is 4.79 Å². The van der Waals surface area contributed by atoms with Crippen LogP contribution in [0.15, 0.2) is 22.7 Å². The van der Waals surface area contributed by atoms with Gasteiger partial charge in [-0.15, -0.1) is 0 Å². The summed E-state index contributed by atoms with van der Waals surface area (Å²) in [4.78, 5) is 11.3. The topological polar surface area (TPSA) is 88.1 Å². The third-order valence-electron chi connectivity index (χ3n) is 2.29. The number of hydrogen-bond acceptors (Lipinski definition) is 4. The lowest BCUT2D eigenvalue weighted by molar-refractivity contribution is -0.122. The number of nitrogens with zero attached hydrogens (tertiary/aromatic N) is 1. The van der Waals surface area contributed by atoms with Gasteiger partial charge >= 0.3 is 0 Å². The Labute approximate surface area is 120 Å². The zero-order valence-corrected chi connectivity index (χ0v) is 12.2. The molecule has 0 saturated heterocycles. The number of amides is 1. The number of nitrogens with one attached hydrogen (secondary N) is 1. The Morgan fingerprint density at radius 3 is 3.00 bits per heavy atom. The fraction of sp³-hybridized carbons (Fsp3) is 0.385. The van der Waals surface area contributed by atoms with Gasteiger partial charge in [-0.3, -0.25) is 4.79 Å². The fourth-order valence-corrected chi connectivity index (χ4v) is 1.89. The summed E-state index contributed by atoms with van der Waals surface area (Å²) in [6, 6.07) is 7.36. The van der Waals surface area contributed by atoms with Gasteiger partial charge in [0.15, 0.2) is 6.61 Å². The Balaban J connectivity index is 2.59. The average Bonchev–Trinajstić information content (AvgIpc) is 2.36. The Bertz CT molecular complexity index is 483. The van der Waals surface area contributed by atoms with Gasteiger partial charge in [-0.05, 0) is 37.1 Å². The molecule has 6 heteroatoms. The zero-order valence-electron chi connectivity index (χ0n) is 10.6. The van der Waals surface area contributed by atoms with Gasteiger partial charge in [0.05, 0.1) is 6.07 Å². The van der Waals surface area contributed by atoms with Crippen molar-refractivity contribution in [3.05, 3.63) is 28.2 Å². The third-order valence-corrected chi connectivity index (χ3v) is 3.07. The summed E-state index contributed by atoms with van der Waals surface area (Å²) in [5, 5.41) is 10.7. The maximum absolute atomic E-state index is 11.3. The first-order valence-corrected chi connectivity index (χ1v) is 6.62. The van der Waals surface area contributed by atoms with E-state index >= 15 is 0 Å². The number of rotatable bonds is 6. The molecule has 0 bridgehead atoms. The summed E-state index contributed by atoms with van der Waals surface area (Å²) in [6.07, 6.45) is 0.721. The Morgan fingerprint density at radius 1 is 1.63 bits per heavy atom. The number of hydrogen-bond donors (Lipinski definition) is 2. The molecule has 0 spiro atoms. The summed E-state index contributed by atoms with van der Waals surface area (Å²) in [5.74, 6) is 0.282. The largest absolute Gasteiger partial charge is 0.484 e. The number of benzene rings is 1. The van der Waals surface area contributed by atoms with E-state index < -0.39 is 0 Å². The molecular weight excluding hydrogens is 310 g/mol. The highest BCUT2D eigenvalue weighted by Gasteiger charge is 2.07. The Morgan fingerprint density at radius 2 is 2.37 bits per heavy atom. The second kappa shape index (κ2) is 7.77. The number of carbonyl (C=O) groups excluding carboxylic acids is 1. The number of nitriles is 1. The molecule has 1 unspecified atom stereocenters. The van der Waals surface area contributed by atoms with Crippen LogP contribution in [0.3, 0.4) is 0 Å². The molecule has 1 rings (SSSR count). The molecule has 5 nitrogen and oxygen atoms in total. The zero-order chi connectivity index (χ0) is 14.3. The van der Waals surface area contributed by atoms with E-state index in [0.29, 0.717) is 5.75 Å². The van der Waals surface area contributed by atoms with Crippen LogP contribution in [0.1, 0.15) is 12.5 Å². The summed E-state index contributed by atoms with van der Waals surface area (Å²) < 4.78 is 6.32. The van der Waals surface area contributed by atoms with Crippen LogP contribution in [0.4, 0.5) is 0 Å². The van der Waals surface area contributed by atoms with Crippen LogP contribution in [-0.2, 0) is 11.2 Å². The maximum Gasteiger partial charge on any atom is 0.258 e. The van der Waals surface area contributed by atoms with Crippen molar-refractivity contribution in [2.45, 2.75) is 19.4 Å². The van der Waals surface area contributed by atoms with Crippen LogP contribution in [0.5, 0.6) is 5.75 Å². The van der Waals surface area contributed by atoms with E-state index in [1.54, 1.807) is 6.07 Å². The maximum atomic E-state index is 11.3. The fourth-order valence-electron chi connectivity index (χ4n) is 1.48. The molecule has 19 heavy (non-hydrogen) atoms. The SMILES string of the molecule is CC(N)Cc1cc(OCC(=O)NCC#N)ccc1Br. The van der Waals surface area contributed by atoms with Crippen LogP contribution < -0.4 is 15.8 Å². The van der Waals surface area contributed by atoms with E-state index in [1.807, 2.05) is 25.1 Å². The first kappa shape index (κ1) is 15.5. The lowest BCUT2D eigenvalue weighted by Gasteiger charge is -2.11. The van der Waals surface area contributed by atoms with E-state index in [2.05, 4.69) is 21.2 Å². The minimum absolute atomic E-state index is 0.0154. The standard InChI is InChI=1S/C13H16BrN3O2/c1-9(16)6-10-7-11(2-3-12(10)14)19-8-13(18)17-5-4-15/h2-3,7,9H,5-6,8,16H2,1H3,(H,17,18). The first-order valence-electron chi connectivity index (χ1n) is 5.83. The van der Waals surface area contributed by atoms with Crippen LogP contribution in [0, 0.1) is 11.3 Å². The second-order valence-corrected chi connectivity index (χ2v) is 5.01. The molecule has 1 aromatic rings. The van der Waals surface area contributed by atoms with Gasteiger partial charge in [0.25, 0.3) is 5.91 Å². The number of carbonyl (C=O) groups is 1. The predicted octanol–water partition coefficient (Wildman–Crippen LogP) is 1.36. The van der Waals surface area contributed by atoms with Crippen molar-refractivity contribution in [3.63, 3.8) is 0 Å². The number of ether oxygens (including phenoxy) is 1. The molecule has 0 aliphatic carbocycles. The minimum atomic E-state index is -0.321. The van der Waals surface area contributed by atoms with Crippen LogP contribution >= 0.6 is 15.9 Å². The summed E-state index contributed by atoms with van der Waals surface area (Å²) >= 11 is 3.45. The van der Waals surface area contributed by atoms with Crippen LogP contribution in [0.25, 0.3) is 0 Å². The highest BCUT2D eigenvalue weighted by molar-refractivity contribution is 9.10. The van der Waals surface area contributed by atoms with E-state index in [-0.39, 0.29) is 25.1 Å². The van der Waals surface area contributed by atoms with Gasteiger partial charge in [-0.1, -0.05) is 15.9 Å². The molecule has 0 saturated carbocycles. The van der Waals surface area contributed by atoms with Crippen LogP contribution in [0.2, 0.25) is 0 Å². The molecule has 0 aliphatic heterocycles. The summed E-state index contributed by atoms with van der Waals surface area (Å²) in [5.41, 5.74) is 6.80. The van der Waals surface area contributed by atoms with Gasteiger partial charge in [0.2, 0.25) is 0 Å². The summed E-state index contributed by atoms with van der Waals surface area (Å²) in [6.45, 7) is 1.80.